The minimum atomic E-state index is -3.27. The molecule has 1 fully saturated rings. The van der Waals surface area contributed by atoms with E-state index < -0.39 is 15.7 Å². The molecule has 36 heavy (non-hydrogen) atoms. The van der Waals surface area contributed by atoms with Gasteiger partial charge in [0.05, 0.1) is 33.4 Å². The molecule has 3 aromatic heterocycles. The van der Waals surface area contributed by atoms with Crippen LogP contribution in [0.25, 0.3) is 16.7 Å². The Bertz CT molecular complexity index is 1510. The molecule has 0 spiro atoms. The Balaban J connectivity index is 1.27. The van der Waals surface area contributed by atoms with E-state index in [2.05, 4.69) is 25.4 Å². The fourth-order valence-corrected chi connectivity index (χ4v) is 5.42. The third kappa shape index (κ3) is 4.92. The first-order valence-electron chi connectivity index (χ1n) is 11.8. The topological polar surface area (TPSA) is 146 Å². The van der Waals surface area contributed by atoms with Crippen LogP contribution in [0.1, 0.15) is 41.7 Å². The van der Waals surface area contributed by atoms with Crippen molar-refractivity contribution in [1.29, 1.82) is 0 Å². The number of primary amides is 1. The number of sulfone groups is 1. The summed E-state index contributed by atoms with van der Waals surface area (Å²) in [6.07, 6.45) is 10.8. The molecule has 3 N–H and O–H groups in total. The summed E-state index contributed by atoms with van der Waals surface area (Å²) < 4.78 is 25.2. The summed E-state index contributed by atoms with van der Waals surface area (Å²) in [7, 11) is -3.27. The van der Waals surface area contributed by atoms with Crippen LogP contribution in [0.2, 0.25) is 0 Å². The second kappa shape index (κ2) is 9.65. The lowest BCUT2D eigenvalue weighted by atomic mass is 9.82. The standard InChI is InChI=1S/C25H27N7O3S/c1-36(34,35)19-10-8-18(9-11-19)32-25-21(14-30-32)24(28-15-29-25)31-17-6-4-16(5-7-17)13-22-20(23(26)33)3-2-12-27-22/h2-3,8-12,14-17H,4-7,13H2,1H3,(H2,26,33)(H,28,29,31). The zero-order valence-corrected chi connectivity index (χ0v) is 20.6. The van der Waals surface area contributed by atoms with E-state index in [1.807, 2.05) is 0 Å². The monoisotopic (exact) mass is 505 g/mol. The van der Waals surface area contributed by atoms with Crippen LogP contribution in [0.4, 0.5) is 5.82 Å². The van der Waals surface area contributed by atoms with Gasteiger partial charge in [-0.15, -0.1) is 0 Å². The number of nitrogens with one attached hydrogen (secondary N) is 1. The van der Waals surface area contributed by atoms with Crippen LogP contribution in [0.3, 0.4) is 0 Å². The molecule has 1 amide bonds. The summed E-state index contributed by atoms with van der Waals surface area (Å²) in [4.78, 5) is 25.2. The van der Waals surface area contributed by atoms with Crippen molar-refractivity contribution in [3.05, 3.63) is 66.4 Å². The van der Waals surface area contributed by atoms with Crippen molar-refractivity contribution >= 4 is 32.6 Å². The molecule has 0 saturated heterocycles. The number of hydrogen-bond acceptors (Lipinski definition) is 8. The van der Waals surface area contributed by atoms with E-state index in [-0.39, 0.29) is 10.9 Å². The summed E-state index contributed by atoms with van der Waals surface area (Å²) in [5.41, 5.74) is 8.14. The molecule has 10 nitrogen and oxygen atoms in total. The minimum Gasteiger partial charge on any atom is -0.367 e. The van der Waals surface area contributed by atoms with E-state index >= 15 is 0 Å². The number of carbonyl (C=O) groups excluding carboxylic acids is 1. The second-order valence-corrected chi connectivity index (χ2v) is 11.2. The van der Waals surface area contributed by atoms with Gasteiger partial charge in [0.25, 0.3) is 5.91 Å². The van der Waals surface area contributed by atoms with Gasteiger partial charge in [0, 0.05) is 18.5 Å². The highest BCUT2D eigenvalue weighted by Crippen LogP contribution is 2.31. The molecule has 1 aliphatic rings. The van der Waals surface area contributed by atoms with Gasteiger partial charge in [0.1, 0.15) is 12.1 Å². The number of carbonyl (C=O) groups is 1. The van der Waals surface area contributed by atoms with E-state index in [0.717, 1.165) is 49.0 Å². The summed E-state index contributed by atoms with van der Waals surface area (Å²) >= 11 is 0. The van der Waals surface area contributed by atoms with E-state index in [4.69, 9.17) is 5.73 Å². The molecule has 0 radical (unpaired) electrons. The highest BCUT2D eigenvalue weighted by Gasteiger charge is 2.24. The second-order valence-electron chi connectivity index (χ2n) is 9.21. The third-order valence-corrected chi connectivity index (χ3v) is 7.83. The maximum atomic E-state index is 11.8. The molecular formula is C25H27N7O3S. The van der Waals surface area contributed by atoms with E-state index in [9.17, 15) is 13.2 Å². The molecule has 186 valence electrons. The first-order chi connectivity index (χ1) is 17.3. The van der Waals surface area contributed by atoms with Crippen molar-refractivity contribution < 1.29 is 13.2 Å². The lowest BCUT2D eigenvalue weighted by Crippen LogP contribution is -2.28. The van der Waals surface area contributed by atoms with Crippen molar-refractivity contribution in [2.75, 3.05) is 11.6 Å². The maximum Gasteiger partial charge on any atom is 0.250 e. The quantitative estimate of drug-likeness (QED) is 0.390. The van der Waals surface area contributed by atoms with Gasteiger partial charge in [-0.2, -0.15) is 5.10 Å². The zero-order valence-electron chi connectivity index (χ0n) is 19.8. The number of hydrogen-bond donors (Lipinski definition) is 2. The molecule has 0 atom stereocenters. The number of benzene rings is 1. The largest absolute Gasteiger partial charge is 0.367 e. The zero-order chi connectivity index (χ0) is 25.3. The number of aromatic nitrogens is 5. The van der Waals surface area contributed by atoms with Gasteiger partial charge < -0.3 is 11.1 Å². The molecule has 11 heteroatoms. The number of rotatable bonds is 7. The Morgan fingerprint density at radius 3 is 2.53 bits per heavy atom. The number of nitrogens with two attached hydrogens (primary N) is 1. The summed E-state index contributed by atoms with van der Waals surface area (Å²) in [5.74, 6) is 0.732. The van der Waals surface area contributed by atoms with Crippen LogP contribution in [0, 0.1) is 5.92 Å². The van der Waals surface area contributed by atoms with Crippen LogP contribution >= 0.6 is 0 Å². The molecule has 1 aliphatic carbocycles. The molecule has 5 rings (SSSR count). The number of anilines is 1. The van der Waals surface area contributed by atoms with Crippen molar-refractivity contribution in [3.8, 4) is 5.69 Å². The van der Waals surface area contributed by atoms with Crippen molar-refractivity contribution in [1.82, 2.24) is 24.7 Å². The average molecular weight is 506 g/mol. The van der Waals surface area contributed by atoms with Crippen molar-refractivity contribution in [2.45, 2.75) is 43.0 Å². The van der Waals surface area contributed by atoms with Gasteiger partial charge in [-0.25, -0.2) is 23.1 Å². The summed E-state index contributed by atoms with van der Waals surface area (Å²) in [6.45, 7) is 0. The Morgan fingerprint density at radius 2 is 1.83 bits per heavy atom. The van der Waals surface area contributed by atoms with Gasteiger partial charge in [-0.1, -0.05) is 0 Å². The van der Waals surface area contributed by atoms with Crippen LogP contribution in [0.15, 0.2) is 60.0 Å². The molecule has 0 bridgehead atoms. The third-order valence-electron chi connectivity index (χ3n) is 6.70. The highest BCUT2D eigenvalue weighted by atomic mass is 32.2. The van der Waals surface area contributed by atoms with Crippen molar-refractivity contribution in [2.24, 2.45) is 11.7 Å². The smallest absolute Gasteiger partial charge is 0.250 e. The predicted molar refractivity (Wildman–Crippen MR) is 136 cm³/mol. The van der Waals surface area contributed by atoms with Gasteiger partial charge >= 0.3 is 0 Å². The van der Waals surface area contributed by atoms with Gasteiger partial charge in [0.15, 0.2) is 15.5 Å². The van der Waals surface area contributed by atoms with Gasteiger partial charge in [0.2, 0.25) is 0 Å². The van der Waals surface area contributed by atoms with E-state index in [1.54, 1.807) is 53.5 Å². The van der Waals surface area contributed by atoms with Crippen molar-refractivity contribution in [3.63, 3.8) is 0 Å². The Kier molecular flexibility index (Phi) is 6.40. The molecule has 1 aromatic carbocycles. The van der Waals surface area contributed by atoms with Crippen LogP contribution in [0.5, 0.6) is 0 Å². The number of fused-ring (bicyclic) bond motifs is 1. The molecule has 1 saturated carbocycles. The lowest BCUT2D eigenvalue weighted by Gasteiger charge is -2.29. The van der Waals surface area contributed by atoms with Crippen LogP contribution in [-0.4, -0.2) is 51.4 Å². The molecule has 0 aliphatic heterocycles. The fraction of sp³-hybridized carbons (Fsp3) is 0.320. The number of amides is 1. The SMILES string of the molecule is CS(=O)(=O)c1ccc(-n2ncc3c(NC4CCC(Cc5ncccc5C(N)=O)CC4)ncnc32)cc1. The predicted octanol–water partition coefficient (Wildman–Crippen LogP) is 2.93. The lowest BCUT2D eigenvalue weighted by molar-refractivity contribution is 0.0998. The Labute approximate surface area is 208 Å². The van der Waals surface area contributed by atoms with Crippen LogP contribution < -0.4 is 11.1 Å². The van der Waals surface area contributed by atoms with Gasteiger partial charge in [-0.3, -0.25) is 9.78 Å². The van der Waals surface area contributed by atoms with Crippen LogP contribution in [-0.2, 0) is 16.3 Å². The average Bonchev–Trinajstić information content (AvgIpc) is 3.30. The first kappa shape index (κ1) is 23.9. The number of nitrogens with zero attached hydrogens (tertiary/aromatic N) is 5. The summed E-state index contributed by atoms with van der Waals surface area (Å²) in [5, 5.41) is 8.83. The number of pyridine rings is 1. The van der Waals surface area contributed by atoms with E-state index in [1.165, 1.54) is 12.6 Å². The normalized spacial score (nSPS) is 18.2. The Morgan fingerprint density at radius 1 is 1.08 bits per heavy atom. The molecule has 4 aromatic rings. The van der Waals surface area contributed by atoms with Gasteiger partial charge in [-0.05, 0) is 74.4 Å². The minimum absolute atomic E-state index is 0.254. The maximum absolute atomic E-state index is 11.8. The Hall–Kier alpha value is -3.86. The highest BCUT2D eigenvalue weighted by molar-refractivity contribution is 7.90. The fourth-order valence-electron chi connectivity index (χ4n) is 4.79. The molecular weight excluding hydrogens is 478 g/mol. The summed E-state index contributed by atoms with van der Waals surface area (Å²) in [6, 6.07) is 10.3. The molecule has 3 heterocycles. The first-order valence-corrected chi connectivity index (χ1v) is 13.7. The molecule has 0 unspecified atom stereocenters. The van der Waals surface area contributed by atoms with E-state index in [0.29, 0.717) is 22.8 Å².